The summed E-state index contributed by atoms with van der Waals surface area (Å²) in [4.78, 5) is 10.5. The number of carbonyl (C=O) groups is 1. The van der Waals surface area contributed by atoms with Gasteiger partial charge in [0.15, 0.2) is 0 Å². The molecule has 0 saturated carbocycles. The molecule has 1 aromatic rings. The number of allylic oxidation sites excluding steroid dienone is 6. The van der Waals surface area contributed by atoms with Crippen molar-refractivity contribution in [1.82, 2.24) is 0 Å². The number of hydrogen-bond acceptors (Lipinski definition) is 1. The summed E-state index contributed by atoms with van der Waals surface area (Å²) >= 11 is 0. The zero-order valence-electron chi connectivity index (χ0n) is 11.7. The number of benzene rings is 1. The standard InChI is InChI=1S/C19H18O/c1-4-16(2)9-10-17(3)7-5-6-8-18-11-13-19(15-20)14-12-18/h5,7,9-15H,2-4H2,1H3/b7-5+,10-9-. The maximum Gasteiger partial charge on any atom is 0.150 e. The van der Waals surface area contributed by atoms with E-state index in [9.17, 15) is 4.79 Å². The summed E-state index contributed by atoms with van der Waals surface area (Å²) in [5, 5.41) is 0. The smallest absolute Gasteiger partial charge is 0.150 e. The minimum absolute atomic E-state index is 0.653. The number of rotatable bonds is 5. The van der Waals surface area contributed by atoms with E-state index in [1.807, 2.05) is 30.4 Å². The van der Waals surface area contributed by atoms with Crippen LogP contribution in [0.25, 0.3) is 0 Å². The van der Waals surface area contributed by atoms with E-state index in [2.05, 4.69) is 31.9 Å². The van der Waals surface area contributed by atoms with E-state index in [0.29, 0.717) is 5.56 Å². The van der Waals surface area contributed by atoms with Crippen LogP contribution in [0.15, 0.2) is 72.9 Å². The first-order chi connectivity index (χ1) is 9.65. The largest absolute Gasteiger partial charge is 0.298 e. The summed E-state index contributed by atoms with van der Waals surface area (Å²) in [7, 11) is 0. The molecular formula is C19H18O. The second-order valence-corrected chi connectivity index (χ2v) is 4.26. The van der Waals surface area contributed by atoms with Crippen molar-refractivity contribution in [3.05, 3.63) is 84.0 Å². The second kappa shape index (κ2) is 8.50. The summed E-state index contributed by atoms with van der Waals surface area (Å²) in [6.45, 7) is 9.86. The summed E-state index contributed by atoms with van der Waals surface area (Å²) in [6, 6.07) is 7.15. The van der Waals surface area contributed by atoms with Crippen LogP contribution in [-0.4, -0.2) is 6.29 Å². The minimum atomic E-state index is 0.653. The normalized spacial score (nSPS) is 10.2. The van der Waals surface area contributed by atoms with Crippen molar-refractivity contribution in [2.75, 3.05) is 0 Å². The van der Waals surface area contributed by atoms with Crippen molar-refractivity contribution in [2.45, 2.75) is 13.3 Å². The van der Waals surface area contributed by atoms with Gasteiger partial charge in [-0.1, -0.05) is 61.8 Å². The lowest BCUT2D eigenvalue weighted by Crippen LogP contribution is -1.79. The third-order valence-corrected chi connectivity index (χ3v) is 2.63. The monoisotopic (exact) mass is 262 g/mol. The lowest BCUT2D eigenvalue weighted by molar-refractivity contribution is 0.112. The van der Waals surface area contributed by atoms with Gasteiger partial charge in [0.2, 0.25) is 0 Å². The first-order valence-corrected chi connectivity index (χ1v) is 6.43. The van der Waals surface area contributed by atoms with E-state index in [0.717, 1.165) is 29.4 Å². The zero-order chi connectivity index (χ0) is 14.8. The van der Waals surface area contributed by atoms with Gasteiger partial charge >= 0.3 is 0 Å². The predicted molar refractivity (Wildman–Crippen MR) is 85.6 cm³/mol. The molecule has 20 heavy (non-hydrogen) atoms. The molecule has 1 rings (SSSR count). The van der Waals surface area contributed by atoms with E-state index in [-0.39, 0.29) is 0 Å². The van der Waals surface area contributed by atoms with Crippen LogP contribution in [-0.2, 0) is 0 Å². The Bertz CT molecular complexity index is 601. The molecule has 0 unspecified atom stereocenters. The zero-order valence-corrected chi connectivity index (χ0v) is 11.7. The van der Waals surface area contributed by atoms with Crippen LogP contribution in [0.2, 0.25) is 0 Å². The van der Waals surface area contributed by atoms with Crippen molar-refractivity contribution >= 4 is 6.29 Å². The molecule has 0 bridgehead atoms. The van der Waals surface area contributed by atoms with Crippen LogP contribution in [0.3, 0.4) is 0 Å². The number of hydrogen-bond donors (Lipinski definition) is 0. The fourth-order valence-electron chi connectivity index (χ4n) is 1.32. The van der Waals surface area contributed by atoms with Gasteiger partial charge in [-0.3, -0.25) is 4.79 Å². The number of aldehydes is 1. The molecule has 0 saturated heterocycles. The average molecular weight is 262 g/mol. The maximum absolute atomic E-state index is 10.5. The van der Waals surface area contributed by atoms with Crippen LogP contribution >= 0.6 is 0 Å². The van der Waals surface area contributed by atoms with Crippen molar-refractivity contribution < 1.29 is 4.79 Å². The number of carbonyl (C=O) groups excluding carboxylic acids is 1. The summed E-state index contributed by atoms with van der Waals surface area (Å²) in [6.07, 6.45) is 9.24. The molecule has 1 heteroatoms. The highest BCUT2D eigenvalue weighted by Gasteiger charge is 1.88. The molecule has 100 valence electrons. The maximum atomic E-state index is 10.5. The van der Waals surface area contributed by atoms with E-state index in [4.69, 9.17) is 0 Å². The summed E-state index contributed by atoms with van der Waals surface area (Å²) in [5.74, 6) is 5.93. The first kappa shape index (κ1) is 15.5. The lowest BCUT2D eigenvalue weighted by Gasteiger charge is -1.91. The van der Waals surface area contributed by atoms with Gasteiger partial charge in [0, 0.05) is 11.1 Å². The molecule has 0 aromatic heterocycles. The summed E-state index contributed by atoms with van der Waals surface area (Å²) < 4.78 is 0. The third kappa shape index (κ3) is 5.84. The Hall–Kier alpha value is -2.59. The van der Waals surface area contributed by atoms with E-state index in [1.54, 1.807) is 18.2 Å². The fraction of sp³-hybridized carbons (Fsp3) is 0.105. The van der Waals surface area contributed by atoms with E-state index < -0.39 is 0 Å². The van der Waals surface area contributed by atoms with Crippen LogP contribution in [0.5, 0.6) is 0 Å². The van der Waals surface area contributed by atoms with Gasteiger partial charge in [0.1, 0.15) is 6.29 Å². The van der Waals surface area contributed by atoms with Crippen molar-refractivity contribution in [1.29, 1.82) is 0 Å². The van der Waals surface area contributed by atoms with Crippen molar-refractivity contribution in [3.8, 4) is 11.8 Å². The molecule has 1 aromatic carbocycles. The molecule has 1 nitrogen and oxygen atoms in total. The van der Waals surface area contributed by atoms with Gasteiger partial charge in [-0.05, 0) is 36.3 Å². The van der Waals surface area contributed by atoms with Crippen LogP contribution in [0.4, 0.5) is 0 Å². The SMILES string of the molecule is C=C(/C=C\C(=C)CC)/C=C/C#Cc1ccc(C=O)cc1. The highest BCUT2D eigenvalue weighted by molar-refractivity contribution is 5.74. The Morgan fingerprint density at radius 3 is 2.45 bits per heavy atom. The van der Waals surface area contributed by atoms with Gasteiger partial charge in [0.25, 0.3) is 0 Å². The average Bonchev–Trinajstić information content (AvgIpc) is 2.49. The Morgan fingerprint density at radius 1 is 1.15 bits per heavy atom. The Kier molecular flexibility index (Phi) is 6.57. The third-order valence-electron chi connectivity index (χ3n) is 2.63. The molecule has 0 heterocycles. The molecule has 0 radical (unpaired) electrons. The minimum Gasteiger partial charge on any atom is -0.298 e. The topological polar surface area (TPSA) is 17.1 Å². The highest BCUT2D eigenvalue weighted by atomic mass is 16.1. The first-order valence-electron chi connectivity index (χ1n) is 6.43. The van der Waals surface area contributed by atoms with E-state index in [1.165, 1.54) is 0 Å². The quantitative estimate of drug-likeness (QED) is 0.434. The highest BCUT2D eigenvalue weighted by Crippen LogP contribution is 2.03. The van der Waals surface area contributed by atoms with E-state index >= 15 is 0 Å². The molecule has 0 aliphatic rings. The molecular weight excluding hydrogens is 244 g/mol. The lowest BCUT2D eigenvalue weighted by atomic mass is 10.1. The summed E-state index contributed by atoms with van der Waals surface area (Å²) in [5.41, 5.74) is 3.48. The molecule has 0 aliphatic carbocycles. The van der Waals surface area contributed by atoms with Gasteiger partial charge in [-0.15, -0.1) is 0 Å². The fourth-order valence-corrected chi connectivity index (χ4v) is 1.32. The predicted octanol–water partition coefficient (Wildman–Crippen LogP) is 4.49. The van der Waals surface area contributed by atoms with Gasteiger partial charge in [-0.25, -0.2) is 0 Å². The Morgan fingerprint density at radius 2 is 1.85 bits per heavy atom. The second-order valence-electron chi connectivity index (χ2n) is 4.26. The molecule has 0 aliphatic heterocycles. The van der Waals surface area contributed by atoms with Gasteiger partial charge in [-0.2, -0.15) is 0 Å². The van der Waals surface area contributed by atoms with Crippen LogP contribution in [0.1, 0.15) is 29.3 Å². The van der Waals surface area contributed by atoms with Gasteiger partial charge < -0.3 is 0 Å². The Labute approximate surface area is 121 Å². The molecule has 0 atom stereocenters. The van der Waals surface area contributed by atoms with Crippen LogP contribution in [0, 0.1) is 11.8 Å². The van der Waals surface area contributed by atoms with Crippen molar-refractivity contribution in [2.24, 2.45) is 0 Å². The Balaban J connectivity index is 2.58. The van der Waals surface area contributed by atoms with Gasteiger partial charge in [0.05, 0.1) is 0 Å². The van der Waals surface area contributed by atoms with Crippen molar-refractivity contribution in [3.63, 3.8) is 0 Å². The molecule has 0 amide bonds. The molecule has 0 fully saturated rings. The molecule has 0 N–H and O–H groups in total. The van der Waals surface area contributed by atoms with Crippen LogP contribution < -0.4 is 0 Å². The molecule has 0 spiro atoms.